The second-order valence-electron chi connectivity index (χ2n) is 2.89. The predicted molar refractivity (Wildman–Crippen MR) is 57.5 cm³/mol. The van der Waals surface area contributed by atoms with Gasteiger partial charge in [-0.2, -0.15) is 0 Å². The zero-order valence-corrected chi connectivity index (χ0v) is 8.34. The summed E-state index contributed by atoms with van der Waals surface area (Å²) in [4.78, 5) is 31.4. The Morgan fingerprint density at radius 1 is 1.47 bits per heavy atom. The van der Waals surface area contributed by atoms with Crippen molar-refractivity contribution in [2.75, 3.05) is 5.32 Å². The van der Waals surface area contributed by atoms with Gasteiger partial charge in [0.1, 0.15) is 5.69 Å². The molecular weight excluding hydrogens is 228 g/mol. The van der Waals surface area contributed by atoms with Gasteiger partial charge in [0, 0.05) is 6.07 Å². The van der Waals surface area contributed by atoms with Crippen LogP contribution in [0.25, 0.3) is 0 Å². The number of terminal acetylenes is 1. The summed E-state index contributed by atoms with van der Waals surface area (Å²) < 4.78 is 0. The van der Waals surface area contributed by atoms with Crippen molar-refractivity contribution in [3.63, 3.8) is 0 Å². The summed E-state index contributed by atoms with van der Waals surface area (Å²) in [6.45, 7) is 0. The molecule has 0 bridgehead atoms. The Bertz CT molecular complexity index is 544. The summed E-state index contributed by atoms with van der Waals surface area (Å²) in [7, 11) is 0. The fourth-order valence-corrected chi connectivity index (χ4v) is 1.08. The summed E-state index contributed by atoms with van der Waals surface area (Å²) >= 11 is 0. The highest BCUT2D eigenvalue weighted by Crippen LogP contribution is 2.25. The number of rotatable bonds is 3. The summed E-state index contributed by atoms with van der Waals surface area (Å²) in [5.74, 6) is -0.426. The van der Waals surface area contributed by atoms with Gasteiger partial charge in [0.25, 0.3) is 11.6 Å². The van der Waals surface area contributed by atoms with Crippen LogP contribution < -0.4 is 5.32 Å². The second-order valence-corrected chi connectivity index (χ2v) is 2.89. The number of carboxylic acids is 1. The number of nitrogens with zero attached hydrogens (tertiary/aromatic N) is 1. The molecule has 1 amide bonds. The fraction of sp³-hybridized carbons (Fsp3) is 0. The molecule has 0 heterocycles. The average molecular weight is 234 g/mol. The maximum absolute atomic E-state index is 10.9. The van der Waals surface area contributed by atoms with Crippen molar-refractivity contribution in [2.24, 2.45) is 0 Å². The maximum atomic E-state index is 10.9. The van der Waals surface area contributed by atoms with Gasteiger partial charge in [0.2, 0.25) is 0 Å². The first-order valence-electron chi connectivity index (χ1n) is 4.25. The van der Waals surface area contributed by atoms with Gasteiger partial charge in [0.05, 0.1) is 10.5 Å². The van der Waals surface area contributed by atoms with E-state index in [0.29, 0.717) is 0 Å². The minimum atomic E-state index is -1.30. The van der Waals surface area contributed by atoms with E-state index in [1.165, 1.54) is 0 Å². The standard InChI is InChI=1S/C10H6N2O5/c1-2-9(13)11-7-4-3-6(10(14)15)5-8(7)12(16)17/h1,3-5H,(H,11,13)(H,14,15). The monoisotopic (exact) mass is 234 g/mol. The minimum absolute atomic E-state index is 0.150. The molecule has 0 radical (unpaired) electrons. The molecule has 0 saturated carbocycles. The van der Waals surface area contributed by atoms with Crippen LogP contribution in [0.3, 0.4) is 0 Å². The first kappa shape index (κ1) is 12.2. The molecule has 0 fully saturated rings. The molecule has 0 unspecified atom stereocenters. The molecule has 0 atom stereocenters. The van der Waals surface area contributed by atoms with Crippen molar-refractivity contribution >= 4 is 23.3 Å². The minimum Gasteiger partial charge on any atom is -0.478 e. The van der Waals surface area contributed by atoms with Gasteiger partial charge in [0.15, 0.2) is 0 Å². The largest absolute Gasteiger partial charge is 0.478 e. The van der Waals surface area contributed by atoms with Crippen LogP contribution >= 0.6 is 0 Å². The molecule has 1 rings (SSSR count). The Morgan fingerprint density at radius 2 is 2.12 bits per heavy atom. The number of benzene rings is 1. The number of nitrogens with one attached hydrogen (secondary N) is 1. The number of hydrogen-bond acceptors (Lipinski definition) is 4. The van der Waals surface area contributed by atoms with Crippen LogP contribution in [0.15, 0.2) is 18.2 Å². The molecule has 0 spiro atoms. The first-order valence-corrected chi connectivity index (χ1v) is 4.25. The fourth-order valence-electron chi connectivity index (χ4n) is 1.08. The summed E-state index contributed by atoms with van der Waals surface area (Å²) in [6.07, 6.45) is 4.80. The zero-order valence-electron chi connectivity index (χ0n) is 8.34. The van der Waals surface area contributed by atoms with Crippen molar-refractivity contribution in [3.8, 4) is 12.3 Å². The molecule has 0 aliphatic rings. The third-order valence-electron chi connectivity index (χ3n) is 1.82. The van der Waals surface area contributed by atoms with Crippen molar-refractivity contribution in [1.29, 1.82) is 0 Å². The lowest BCUT2D eigenvalue weighted by molar-refractivity contribution is -0.384. The molecule has 86 valence electrons. The van der Waals surface area contributed by atoms with E-state index in [1.807, 2.05) is 0 Å². The van der Waals surface area contributed by atoms with Gasteiger partial charge in [-0.05, 0) is 18.1 Å². The van der Waals surface area contributed by atoms with Crippen LogP contribution in [0.1, 0.15) is 10.4 Å². The van der Waals surface area contributed by atoms with E-state index < -0.39 is 22.5 Å². The Morgan fingerprint density at radius 3 is 2.59 bits per heavy atom. The number of amides is 1. The molecule has 17 heavy (non-hydrogen) atoms. The average Bonchev–Trinajstić information content (AvgIpc) is 2.28. The lowest BCUT2D eigenvalue weighted by Gasteiger charge is -2.03. The highest BCUT2D eigenvalue weighted by atomic mass is 16.6. The lowest BCUT2D eigenvalue weighted by Crippen LogP contribution is -2.10. The molecule has 0 aliphatic heterocycles. The predicted octanol–water partition coefficient (Wildman–Crippen LogP) is 0.865. The van der Waals surface area contributed by atoms with Crippen LogP contribution in [-0.2, 0) is 4.79 Å². The van der Waals surface area contributed by atoms with Gasteiger partial charge in [-0.3, -0.25) is 14.9 Å². The second kappa shape index (κ2) is 4.76. The highest BCUT2D eigenvalue weighted by Gasteiger charge is 2.18. The van der Waals surface area contributed by atoms with Gasteiger partial charge in [-0.1, -0.05) is 0 Å². The third-order valence-corrected chi connectivity index (χ3v) is 1.82. The van der Waals surface area contributed by atoms with E-state index in [-0.39, 0.29) is 11.3 Å². The van der Waals surface area contributed by atoms with Crippen molar-refractivity contribution in [3.05, 3.63) is 33.9 Å². The number of anilines is 1. The third kappa shape index (κ3) is 2.79. The van der Waals surface area contributed by atoms with Crippen molar-refractivity contribution in [2.45, 2.75) is 0 Å². The quantitative estimate of drug-likeness (QED) is 0.458. The van der Waals surface area contributed by atoms with Crippen LogP contribution in [0.5, 0.6) is 0 Å². The summed E-state index contributed by atoms with van der Waals surface area (Å²) in [6, 6.07) is 3.08. The number of nitro benzene ring substituents is 1. The molecular formula is C10H6N2O5. The van der Waals surface area contributed by atoms with E-state index in [2.05, 4.69) is 5.32 Å². The van der Waals surface area contributed by atoms with E-state index in [9.17, 15) is 19.7 Å². The van der Waals surface area contributed by atoms with Crippen LogP contribution in [-0.4, -0.2) is 21.9 Å². The van der Waals surface area contributed by atoms with Crippen LogP contribution in [0.4, 0.5) is 11.4 Å². The molecule has 1 aromatic rings. The van der Waals surface area contributed by atoms with E-state index in [1.54, 1.807) is 5.92 Å². The van der Waals surface area contributed by atoms with Gasteiger partial charge in [-0.15, -0.1) is 6.42 Å². The number of nitro groups is 1. The number of aromatic carboxylic acids is 1. The van der Waals surface area contributed by atoms with Gasteiger partial charge < -0.3 is 10.4 Å². The molecule has 0 aliphatic carbocycles. The van der Waals surface area contributed by atoms with E-state index >= 15 is 0 Å². The number of carbonyl (C=O) groups is 2. The Hall–Kier alpha value is -2.88. The smallest absolute Gasteiger partial charge is 0.335 e. The van der Waals surface area contributed by atoms with Gasteiger partial charge in [-0.25, -0.2) is 4.79 Å². The molecule has 2 N–H and O–H groups in total. The van der Waals surface area contributed by atoms with Crippen LogP contribution in [0, 0.1) is 22.5 Å². The van der Waals surface area contributed by atoms with Crippen molar-refractivity contribution in [1.82, 2.24) is 0 Å². The van der Waals surface area contributed by atoms with E-state index in [4.69, 9.17) is 11.5 Å². The zero-order chi connectivity index (χ0) is 13.0. The molecule has 0 aromatic heterocycles. The summed E-state index contributed by atoms with van der Waals surface area (Å²) in [5.41, 5.74) is -0.938. The van der Waals surface area contributed by atoms with Gasteiger partial charge >= 0.3 is 5.97 Å². The summed E-state index contributed by atoms with van der Waals surface area (Å²) in [5, 5.41) is 21.4. The Balaban J connectivity index is 3.23. The Labute approximate surface area is 95.2 Å². The molecule has 1 aromatic carbocycles. The molecule has 7 nitrogen and oxygen atoms in total. The lowest BCUT2D eigenvalue weighted by atomic mass is 10.1. The number of hydrogen-bond donors (Lipinski definition) is 2. The SMILES string of the molecule is C#CC(=O)Nc1ccc(C(=O)O)cc1[N+](=O)[O-]. The highest BCUT2D eigenvalue weighted by molar-refractivity contribution is 6.05. The van der Waals surface area contributed by atoms with E-state index in [0.717, 1.165) is 18.2 Å². The first-order chi connectivity index (χ1) is 7.95. The normalized spacial score (nSPS) is 9.12. The Kier molecular flexibility index (Phi) is 3.41. The molecule has 0 saturated heterocycles. The maximum Gasteiger partial charge on any atom is 0.335 e. The topological polar surface area (TPSA) is 110 Å². The number of carboxylic acid groups (broad SMARTS) is 1. The number of carbonyl (C=O) groups excluding carboxylic acids is 1. The van der Waals surface area contributed by atoms with Crippen LogP contribution in [0.2, 0.25) is 0 Å². The molecule has 7 heteroatoms. The van der Waals surface area contributed by atoms with Crippen molar-refractivity contribution < 1.29 is 19.6 Å².